The molecular weight excluding hydrogens is 244 g/mol. The van der Waals surface area contributed by atoms with Crippen LogP contribution in [0.5, 0.6) is 0 Å². The molecule has 0 aliphatic heterocycles. The van der Waals surface area contributed by atoms with E-state index in [4.69, 9.17) is 0 Å². The van der Waals surface area contributed by atoms with Crippen LogP contribution in [0.3, 0.4) is 0 Å². The summed E-state index contributed by atoms with van der Waals surface area (Å²) in [7, 11) is 0. The summed E-state index contributed by atoms with van der Waals surface area (Å²) in [5.41, 5.74) is 3.39. The van der Waals surface area contributed by atoms with Crippen molar-refractivity contribution in [3.8, 4) is 6.07 Å². The molecule has 1 aromatic rings. The molecular formula is C18H22N2. The highest BCUT2D eigenvalue weighted by atomic mass is 15.0. The van der Waals surface area contributed by atoms with Gasteiger partial charge in [0.15, 0.2) is 0 Å². The summed E-state index contributed by atoms with van der Waals surface area (Å²) < 4.78 is 0. The number of anilines is 1. The maximum Gasteiger partial charge on any atom is 0.101 e. The first-order valence-corrected chi connectivity index (χ1v) is 7.95. The molecule has 1 N–H and O–H groups in total. The lowest BCUT2D eigenvalue weighted by atomic mass is 9.53. The Morgan fingerprint density at radius 3 is 2.25 bits per heavy atom. The minimum atomic E-state index is 0.284. The van der Waals surface area contributed by atoms with Gasteiger partial charge in [0, 0.05) is 5.54 Å². The number of rotatable bonds is 2. The molecule has 4 saturated carbocycles. The van der Waals surface area contributed by atoms with Gasteiger partial charge in [-0.15, -0.1) is 0 Å². The van der Waals surface area contributed by atoms with E-state index in [0.717, 1.165) is 29.0 Å². The smallest absolute Gasteiger partial charge is 0.101 e. The van der Waals surface area contributed by atoms with Crippen LogP contribution >= 0.6 is 0 Å². The van der Waals surface area contributed by atoms with Crippen LogP contribution in [0, 0.1) is 36.0 Å². The SMILES string of the molecule is Cc1cccc(C#N)c1NC12CC3CC(CC(C3)C1)C2. The number of para-hydroxylation sites is 1. The molecule has 1 aromatic carbocycles. The summed E-state index contributed by atoms with van der Waals surface area (Å²) in [5.74, 6) is 2.80. The first kappa shape index (κ1) is 12.3. The lowest BCUT2D eigenvalue weighted by Crippen LogP contribution is -2.55. The fraction of sp³-hybridized carbons (Fsp3) is 0.611. The molecule has 0 aromatic heterocycles. The van der Waals surface area contributed by atoms with Crippen molar-refractivity contribution in [2.45, 2.75) is 51.0 Å². The second-order valence-corrected chi connectivity index (χ2v) is 7.43. The summed E-state index contributed by atoms with van der Waals surface area (Å²) in [6, 6.07) is 8.40. The fourth-order valence-electron chi connectivity index (χ4n) is 5.46. The number of aryl methyl sites for hydroxylation is 1. The number of hydrogen-bond acceptors (Lipinski definition) is 2. The zero-order valence-electron chi connectivity index (χ0n) is 12.2. The van der Waals surface area contributed by atoms with E-state index < -0.39 is 0 Å². The highest BCUT2D eigenvalue weighted by Crippen LogP contribution is 2.56. The van der Waals surface area contributed by atoms with Gasteiger partial charge in [-0.2, -0.15) is 5.26 Å². The highest BCUT2D eigenvalue weighted by Gasteiger charge is 2.51. The molecule has 4 fully saturated rings. The third kappa shape index (κ3) is 1.84. The Balaban J connectivity index is 1.68. The molecule has 4 aliphatic rings. The Morgan fingerprint density at radius 1 is 1.10 bits per heavy atom. The van der Waals surface area contributed by atoms with E-state index in [1.807, 2.05) is 12.1 Å². The molecule has 0 atom stereocenters. The molecule has 104 valence electrons. The Labute approximate surface area is 121 Å². The van der Waals surface area contributed by atoms with Crippen LogP contribution in [0.1, 0.15) is 49.7 Å². The number of nitriles is 1. The van der Waals surface area contributed by atoms with E-state index in [9.17, 15) is 5.26 Å². The molecule has 0 radical (unpaired) electrons. The molecule has 0 heterocycles. The predicted octanol–water partition coefficient (Wildman–Crippen LogP) is 4.25. The Kier molecular flexibility index (Phi) is 2.61. The van der Waals surface area contributed by atoms with Crippen LogP contribution < -0.4 is 5.32 Å². The largest absolute Gasteiger partial charge is 0.378 e. The average molecular weight is 266 g/mol. The summed E-state index contributed by atoms with van der Waals surface area (Å²) >= 11 is 0. The highest BCUT2D eigenvalue weighted by molar-refractivity contribution is 5.63. The van der Waals surface area contributed by atoms with Gasteiger partial charge >= 0.3 is 0 Å². The van der Waals surface area contributed by atoms with Crippen molar-refractivity contribution in [3.63, 3.8) is 0 Å². The molecule has 2 heteroatoms. The van der Waals surface area contributed by atoms with Crippen LogP contribution in [-0.4, -0.2) is 5.54 Å². The van der Waals surface area contributed by atoms with E-state index >= 15 is 0 Å². The van der Waals surface area contributed by atoms with Crippen molar-refractivity contribution in [1.29, 1.82) is 5.26 Å². The average Bonchev–Trinajstić information content (AvgIpc) is 2.39. The Hall–Kier alpha value is -1.49. The predicted molar refractivity (Wildman–Crippen MR) is 80.4 cm³/mol. The van der Waals surface area contributed by atoms with Gasteiger partial charge in [-0.1, -0.05) is 12.1 Å². The number of nitrogens with zero attached hydrogens (tertiary/aromatic N) is 1. The first-order valence-electron chi connectivity index (χ1n) is 7.95. The van der Waals surface area contributed by atoms with Gasteiger partial charge in [0.25, 0.3) is 0 Å². The van der Waals surface area contributed by atoms with Crippen LogP contribution in [0.25, 0.3) is 0 Å². The topological polar surface area (TPSA) is 35.8 Å². The minimum absolute atomic E-state index is 0.284. The standard InChI is InChI=1S/C18H22N2/c1-12-3-2-4-16(11-19)17(12)20-18-8-13-5-14(9-18)7-15(6-13)10-18/h2-4,13-15,20H,5-10H2,1H3. The monoisotopic (exact) mass is 266 g/mol. The van der Waals surface area contributed by atoms with Crippen LogP contribution in [0.2, 0.25) is 0 Å². The van der Waals surface area contributed by atoms with Gasteiger partial charge in [-0.3, -0.25) is 0 Å². The maximum absolute atomic E-state index is 9.37. The number of nitrogens with one attached hydrogen (secondary N) is 1. The lowest BCUT2D eigenvalue weighted by Gasteiger charge is -2.57. The second kappa shape index (κ2) is 4.25. The van der Waals surface area contributed by atoms with Crippen LogP contribution in [-0.2, 0) is 0 Å². The number of hydrogen-bond donors (Lipinski definition) is 1. The van der Waals surface area contributed by atoms with Crippen molar-refractivity contribution >= 4 is 5.69 Å². The first-order chi connectivity index (χ1) is 9.67. The van der Waals surface area contributed by atoms with Gasteiger partial charge < -0.3 is 5.32 Å². The van der Waals surface area contributed by atoms with Gasteiger partial charge in [0.2, 0.25) is 0 Å². The van der Waals surface area contributed by atoms with Gasteiger partial charge in [-0.25, -0.2) is 0 Å². The maximum atomic E-state index is 9.37. The molecule has 5 rings (SSSR count). The zero-order chi connectivity index (χ0) is 13.7. The van der Waals surface area contributed by atoms with Crippen molar-refractivity contribution in [1.82, 2.24) is 0 Å². The fourth-order valence-corrected chi connectivity index (χ4v) is 5.46. The van der Waals surface area contributed by atoms with E-state index in [-0.39, 0.29) is 5.54 Å². The van der Waals surface area contributed by atoms with E-state index in [0.29, 0.717) is 0 Å². The van der Waals surface area contributed by atoms with Crippen molar-refractivity contribution in [2.75, 3.05) is 5.32 Å². The molecule has 0 saturated heterocycles. The lowest BCUT2D eigenvalue weighted by molar-refractivity contribution is 0.0107. The molecule has 4 bridgehead atoms. The van der Waals surface area contributed by atoms with Gasteiger partial charge in [0.05, 0.1) is 11.3 Å². The van der Waals surface area contributed by atoms with Crippen molar-refractivity contribution in [3.05, 3.63) is 29.3 Å². The quantitative estimate of drug-likeness (QED) is 0.868. The molecule has 0 amide bonds. The molecule has 0 spiro atoms. The summed E-state index contributed by atoms with van der Waals surface area (Å²) in [6.07, 6.45) is 8.33. The number of benzene rings is 1. The van der Waals surface area contributed by atoms with Crippen molar-refractivity contribution in [2.24, 2.45) is 17.8 Å². The van der Waals surface area contributed by atoms with E-state index in [1.165, 1.54) is 44.1 Å². The summed E-state index contributed by atoms with van der Waals surface area (Å²) in [6.45, 7) is 2.11. The zero-order valence-corrected chi connectivity index (χ0v) is 12.2. The molecule has 4 aliphatic carbocycles. The molecule has 20 heavy (non-hydrogen) atoms. The summed E-state index contributed by atoms with van der Waals surface area (Å²) in [5, 5.41) is 13.2. The minimum Gasteiger partial charge on any atom is -0.378 e. The third-order valence-corrected chi connectivity index (χ3v) is 5.82. The van der Waals surface area contributed by atoms with Gasteiger partial charge in [-0.05, 0) is 74.8 Å². The van der Waals surface area contributed by atoms with Crippen LogP contribution in [0.4, 0.5) is 5.69 Å². The Bertz CT molecular complexity index is 546. The van der Waals surface area contributed by atoms with Gasteiger partial charge in [0.1, 0.15) is 6.07 Å². The van der Waals surface area contributed by atoms with E-state index in [2.05, 4.69) is 24.4 Å². The normalized spacial score (nSPS) is 37.7. The van der Waals surface area contributed by atoms with E-state index in [1.54, 1.807) is 0 Å². The van der Waals surface area contributed by atoms with Crippen molar-refractivity contribution < 1.29 is 0 Å². The molecule has 2 nitrogen and oxygen atoms in total. The Morgan fingerprint density at radius 2 is 1.70 bits per heavy atom. The molecule has 0 unspecified atom stereocenters. The summed E-state index contributed by atoms with van der Waals surface area (Å²) in [4.78, 5) is 0. The third-order valence-electron chi connectivity index (χ3n) is 5.82. The van der Waals surface area contributed by atoms with Crippen LogP contribution in [0.15, 0.2) is 18.2 Å². The second-order valence-electron chi connectivity index (χ2n) is 7.43.